The van der Waals surface area contributed by atoms with Gasteiger partial charge in [0.15, 0.2) is 0 Å². The largest absolute Gasteiger partial charge is 0.369 e. The van der Waals surface area contributed by atoms with Gasteiger partial charge in [-0.05, 0) is 59.8 Å². The van der Waals surface area contributed by atoms with Gasteiger partial charge in [-0.2, -0.15) is 0 Å². The minimum absolute atomic E-state index is 0.566. The number of hydrogen-bond donors (Lipinski definition) is 0. The Bertz CT molecular complexity index is 390. The zero-order chi connectivity index (χ0) is 12.6. The van der Waals surface area contributed by atoms with E-state index < -0.39 is 0 Å². The molecule has 1 aliphatic rings. The number of halogens is 1. The summed E-state index contributed by atoms with van der Waals surface area (Å²) in [5, 5.41) is 0. The molecule has 1 aliphatic heterocycles. The van der Waals surface area contributed by atoms with E-state index in [1.165, 1.54) is 47.2 Å². The third-order valence-corrected chi connectivity index (χ3v) is 4.87. The molecule has 0 unspecified atom stereocenters. The number of aryl methyl sites for hydroxylation is 2. The van der Waals surface area contributed by atoms with Crippen molar-refractivity contribution in [1.29, 1.82) is 0 Å². The maximum Gasteiger partial charge on any atom is 0.0540 e. The second kappa shape index (κ2) is 4.64. The van der Waals surface area contributed by atoms with E-state index in [4.69, 9.17) is 0 Å². The summed E-state index contributed by atoms with van der Waals surface area (Å²) >= 11 is 3.71. The fourth-order valence-electron chi connectivity index (χ4n) is 2.93. The topological polar surface area (TPSA) is 3.24 Å². The van der Waals surface area contributed by atoms with E-state index >= 15 is 0 Å². The van der Waals surface area contributed by atoms with Gasteiger partial charge in [0.1, 0.15) is 0 Å². The van der Waals surface area contributed by atoms with Gasteiger partial charge in [-0.1, -0.05) is 19.9 Å². The zero-order valence-electron chi connectivity index (χ0n) is 11.3. The Balaban J connectivity index is 2.22. The van der Waals surface area contributed by atoms with Crippen LogP contribution in [0, 0.1) is 19.3 Å². The SMILES string of the molecule is CCC1(CC)CN(c2c(C)cc(C)cc2Br)C1. The summed E-state index contributed by atoms with van der Waals surface area (Å²) in [7, 11) is 0. The lowest BCUT2D eigenvalue weighted by atomic mass is 9.75. The van der Waals surface area contributed by atoms with Crippen LogP contribution in [0.15, 0.2) is 16.6 Å². The molecule has 0 aromatic heterocycles. The van der Waals surface area contributed by atoms with Gasteiger partial charge < -0.3 is 4.90 Å². The molecular weight excluding hydrogens is 274 g/mol. The summed E-state index contributed by atoms with van der Waals surface area (Å²) in [4.78, 5) is 2.52. The smallest absolute Gasteiger partial charge is 0.0540 e. The fourth-order valence-corrected chi connectivity index (χ4v) is 3.85. The summed E-state index contributed by atoms with van der Waals surface area (Å²) in [5.41, 5.74) is 4.68. The van der Waals surface area contributed by atoms with Crippen LogP contribution in [0.1, 0.15) is 37.8 Å². The molecule has 1 nitrogen and oxygen atoms in total. The minimum Gasteiger partial charge on any atom is -0.369 e. The van der Waals surface area contributed by atoms with Crippen LogP contribution in [0.4, 0.5) is 5.69 Å². The monoisotopic (exact) mass is 295 g/mol. The van der Waals surface area contributed by atoms with Gasteiger partial charge in [0, 0.05) is 23.0 Å². The third kappa shape index (κ3) is 2.24. The predicted octanol–water partition coefficient (Wildman–Crippen LogP) is 4.69. The normalized spacial score (nSPS) is 18.1. The molecule has 0 bridgehead atoms. The van der Waals surface area contributed by atoms with Crippen molar-refractivity contribution < 1.29 is 0 Å². The van der Waals surface area contributed by atoms with Gasteiger partial charge in [0.25, 0.3) is 0 Å². The third-order valence-electron chi connectivity index (χ3n) is 4.27. The predicted molar refractivity (Wildman–Crippen MR) is 78.8 cm³/mol. The van der Waals surface area contributed by atoms with Crippen molar-refractivity contribution in [3.8, 4) is 0 Å². The fraction of sp³-hybridized carbons (Fsp3) is 0.600. The second-order valence-corrected chi connectivity index (χ2v) is 6.33. The standard InChI is InChI=1S/C15H22BrN/c1-5-15(6-2)9-17(10-15)14-12(4)7-11(3)8-13(14)16/h7-8H,5-6,9-10H2,1-4H3. The Morgan fingerprint density at radius 2 is 1.76 bits per heavy atom. The highest BCUT2D eigenvalue weighted by Crippen LogP contribution is 2.43. The van der Waals surface area contributed by atoms with Gasteiger partial charge in [-0.3, -0.25) is 0 Å². The average molecular weight is 296 g/mol. The lowest BCUT2D eigenvalue weighted by Gasteiger charge is -2.52. The molecule has 0 radical (unpaired) electrons. The molecule has 1 aromatic rings. The van der Waals surface area contributed by atoms with Crippen molar-refractivity contribution in [2.24, 2.45) is 5.41 Å². The van der Waals surface area contributed by atoms with Crippen LogP contribution in [-0.4, -0.2) is 13.1 Å². The maximum atomic E-state index is 3.71. The van der Waals surface area contributed by atoms with E-state index in [0.717, 1.165) is 0 Å². The molecule has 0 atom stereocenters. The first kappa shape index (κ1) is 12.9. The lowest BCUT2D eigenvalue weighted by Crippen LogP contribution is -2.56. The van der Waals surface area contributed by atoms with Crippen LogP contribution in [0.25, 0.3) is 0 Å². The molecule has 2 rings (SSSR count). The van der Waals surface area contributed by atoms with Crippen molar-refractivity contribution in [1.82, 2.24) is 0 Å². The molecule has 0 amide bonds. The number of anilines is 1. The lowest BCUT2D eigenvalue weighted by molar-refractivity contribution is 0.194. The van der Waals surface area contributed by atoms with Crippen molar-refractivity contribution >= 4 is 21.6 Å². The molecule has 1 saturated heterocycles. The minimum atomic E-state index is 0.566. The van der Waals surface area contributed by atoms with Crippen molar-refractivity contribution in [3.05, 3.63) is 27.7 Å². The van der Waals surface area contributed by atoms with Crippen LogP contribution in [-0.2, 0) is 0 Å². The van der Waals surface area contributed by atoms with Crippen LogP contribution in [0.3, 0.4) is 0 Å². The van der Waals surface area contributed by atoms with E-state index in [1.807, 2.05) is 0 Å². The highest BCUT2D eigenvalue weighted by atomic mass is 79.9. The first-order valence-electron chi connectivity index (χ1n) is 6.53. The summed E-state index contributed by atoms with van der Waals surface area (Å²) < 4.78 is 1.25. The summed E-state index contributed by atoms with van der Waals surface area (Å²) in [6, 6.07) is 4.50. The highest BCUT2D eigenvalue weighted by molar-refractivity contribution is 9.10. The average Bonchev–Trinajstić information content (AvgIpc) is 2.20. The zero-order valence-corrected chi connectivity index (χ0v) is 12.9. The van der Waals surface area contributed by atoms with Crippen LogP contribution in [0.5, 0.6) is 0 Å². The molecule has 1 fully saturated rings. The van der Waals surface area contributed by atoms with Gasteiger partial charge in [0.05, 0.1) is 5.69 Å². The first-order valence-corrected chi connectivity index (χ1v) is 7.32. The quantitative estimate of drug-likeness (QED) is 0.782. The molecule has 2 heteroatoms. The Labute approximate surface area is 113 Å². The molecule has 1 heterocycles. The van der Waals surface area contributed by atoms with E-state index in [2.05, 4.69) is 60.7 Å². The molecule has 0 saturated carbocycles. The summed E-state index contributed by atoms with van der Waals surface area (Å²) in [6.07, 6.45) is 2.59. The second-order valence-electron chi connectivity index (χ2n) is 5.48. The van der Waals surface area contributed by atoms with Crippen LogP contribution >= 0.6 is 15.9 Å². The van der Waals surface area contributed by atoms with Crippen molar-refractivity contribution in [2.45, 2.75) is 40.5 Å². The number of hydrogen-bond acceptors (Lipinski definition) is 1. The van der Waals surface area contributed by atoms with Gasteiger partial charge >= 0.3 is 0 Å². The first-order chi connectivity index (χ1) is 8.01. The van der Waals surface area contributed by atoms with Gasteiger partial charge in [-0.25, -0.2) is 0 Å². The molecule has 0 spiro atoms. The van der Waals surface area contributed by atoms with E-state index in [9.17, 15) is 0 Å². The van der Waals surface area contributed by atoms with Gasteiger partial charge in [0.2, 0.25) is 0 Å². The molecular formula is C15H22BrN. The molecule has 0 N–H and O–H groups in total. The number of nitrogens with zero attached hydrogens (tertiary/aromatic N) is 1. The van der Waals surface area contributed by atoms with E-state index in [1.54, 1.807) is 0 Å². The molecule has 94 valence electrons. The summed E-state index contributed by atoms with van der Waals surface area (Å²) in [6.45, 7) is 11.4. The van der Waals surface area contributed by atoms with Crippen LogP contribution in [0.2, 0.25) is 0 Å². The maximum absolute atomic E-state index is 3.71. The number of rotatable bonds is 3. The Morgan fingerprint density at radius 1 is 1.18 bits per heavy atom. The Hall–Kier alpha value is -0.500. The molecule has 0 aliphatic carbocycles. The molecule has 17 heavy (non-hydrogen) atoms. The van der Waals surface area contributed by atoms with Gasteiger partial charge in [-0.15, -0.1) is 0 Å². The Kier molecular flexibility index (Phi) is 3.53. The van der Waals surface area contributed by atoms with Crippen molar-refractivity contribution in [2.75, 3.05) is 18.0 Å². The number of benzene rings is 1. The van der Waals surface area contributed by atoms with Crippen LogP contribution < -0.4 is 4.90 Å². The molecule has 1 aromatic carbocycles. The van der Waals surface area contributed by atoms with E-state index in [0.29, 0.717) is 5.41 Å². The summed E-state index contributed by atoms with van der Waals surface area (Å²) in [5.74, 6) is 0. The Morgan fingerprint density at radius 3 is 2.24 bits per heavy atom. The van der Waals surface area contributed by atoms with E-state index in [-0.39, 0.29) is 0 Å². The van der Waals surface area contributed by atoms with Crippen molar-refractivity contribution in [3.63, 3.8) is 0 Å². The highest BCUT2D eigenvalue weighted by Gasteiger charge is 2.40.